The Morgan fingerprint density at radius 3 is 1.75 bits per heavy atom. The lowest BCUT2D eigenvalue weighted by molar-refractivity contribution is -0.152. The molecule has 280 valence electrons. The average molecular weight is 683 g/mol. The highest BCUT2D eigenvalue weighted by Crippen LogP contribution is 2.36. The Bertz CT molecular complexity index is 874. The van der Waals surface area contributed by atoms with E-state index in [0.717, 1.165) is 44.4 Å². The zero-order chi connectivity index (χ0) is 35.6. The van der Waals surface area contributed by atoms with Crippen molar-refractivity contribution in [2.24, 2.45) is 17.8 Å². The fraction of sp³-hybridized carbons (Fsp3) is 0.872. The highest BCUT2D eigenvalue weighted by molar-refractivity contribution is 5.79. The van der Waals surface area contributed by atoms with Crippen molar-refractivity contribution in [2.75, 3.05) is 13.2 Å². The summed E-state index contributed by atoms with van der Waals surface area (Å²) in [7, 11) is 0. The lowest BCUT2D eigenvalue weighted by Crippen LogP contribution is -2.25. The lowest BCUT2D eigenvalue weighted by Gasteiger charge is -2.20. The summed E-state index contributed by atoms with van der Waals surface area (Å²) in [5.74, 6) is -0.868. The molecule has 0 aromatic rings. The Balaban J connectivity index is 2.09. The molecule has 0 heterocycles. The van der Waals surface area contributed by atoms with Crippen LogP contribution in [0.2, 0.25) is 0 Å². The molecule has 0 aliphatic heterocycles. The SMILES string of the molecule is CCCCC[C@H](O)/C=C/[C@@H]1[C@@H](CC(=O)CCCCC(=O)OC[C@@H](O)COC(=O)CCCCCCCCCCCCC(C)C)[C@@H](O)C[C@H]1O. The van der Waals surface area contributed by atoms with E-state index in [-0.39, 0.29) is 56.6 Å². The van der Waals surface area contributed by atoms with Crippen molar-refractivity contribution in [1.29, 1.82) is 0 Å². The van der Waals surface area contributed by atoms with E-state index in [1.165, 1.54) is 51.4 Å². The zero-order valence-corrected chi connectivity index (χ0v) is 30.5. The van der Waals surface area contributed by atoms with Gasteiger partial charge in [0.05, 0.1) is 18.3 Å². The van der Waals surface area contributed by atoms with Gasteiger partial charge in [-0.05, 0) is 31.6 Å². The van der Waals surface area contributed by atoms with E-state index in [2.05, 4.69) is 20.8 Å². The molecule has 0 spiro atoms. The molecule has 0 amide bonds. The predicted molar refractivity (Wildman–Crippen MR) is 189 cm³/mol. The second-order valence-electron chi connectivity index (χ2n) is 14.5. The monoisotopic (exact) mass is 683 g/mol. The van der Waals surface area contributed by atoms with E-state index >= 15 is 0 Å². The van der Waals surface area contributed by atoms with E-state index in [4.69, 9.17) is 9.47 Å². The van der Waals surface area contributed by atoms with Crippen LogP contribution >= 0.6 is 0 Å². The van der Waals surface area contributed by atoms with Gasteiger partial charge in [-0.2, -0.15) is 0 Å². The van der Waals surface area contributed by atoms with Crippen LogP contribution in [0, 0.1) is 17.8 Å². The van der Waals surface area contributed by atoms with Gasteiger partial charge in [0.2, 0.25) is 0 Å². The van der Waals surface area contributed by atoms with Gasteiger partial charge >= 0.3 is 11.9 Å². The summed E-state index contributed by atoms with van der Waals surface area (Å²) in [6.07, 6.45) is 19.1. The van der Waals surface area contributed by atoms with E-state index in [0.29, 0.717) is 25.7 Å². The number of aliphatic hydroxyl groups is 4. The van der Waals surface area contributed by atoms with Crippen LogP contribution in [0.25, 0.3) is 0 Å². The van der Waals surface area contributed by atoms with Gasteiger partial charge in [-0.3, -0.25) is 14.4 Å². The Labute approximate surface area is 291 Å². The van der Waals surface area contributed by atoms with Gasteiger partial charge < -0.3 is 29.9 Å². The summed E-state index contributed by atoms with van der Waals surface area (Å²) in [5.41, 5.74) is 0. The molecule has 1 aliphatic carbocycles. The number of carbonyl (C=O) groups excluding carboxylic acids is 3. The molecular weight excluding hydrogens is 612 g/mol. The second kappa shape index (κ2) is 27.9. The third-order valence-electron chi connectivity index (χ3n) is 9.41. The van der Waals surface area contributed by atoms with Crippen LogP contribution in [0.4, 0.5) is 0 Å². The van der Waals surface area contributed by atoms with Crippen LogP contribution in [0.15, 0.2) is 12.2 Å². The maximum atomic E-state index is 12.6. The topological polar surface area (TPSA) is 151 Å². The number of carbonyl (C=O) groups is 3. The smallest absolute Gasteiger partial charge is 0.305 e. The van der Waals surface area contributed by atoms with Gasteiger partial charge in [-0.1, -0.05) is 116 Å². The highest BCUT2D eigenvalue weighted by atomic mass is 16.6. The number of hydrogen-bond acceptors (Lipinski definition) is 9. The number of unbranched alkanes of at least 4 members (excludes halogenated alkanes) is 12. The van der Waals surface area contributed by atoms with Crippen molar-refractivity contribution in [3.05, 3.63) is 12.2 Å². The first-order valence-corrected chi connectivity index (χ1v) is 19.3. The van der Waals surface area contributed by atoms with Crippen molar-refractivity contribution >= 4 is 17.7 Å². The van der Waals surface area contributed by atoms with Crippen LogP contribution in [0.5, 0.6) is 0 Å². The largest absolute Gasteiger partial charge is 0.463 e. The third-order valence-corrected chi connectivity index (χ3v) is 9.41. The van der Waals surface area contributed by atoms with Crippen molar-refractivity contribution in [3.8, 4) is 0 Å². The molecule has 6 atom stereocenters. The van der Waals surface area contributed by atoms with Crippen molar-refractivity contribution in [1.82, 2.24) is 0 Å². The molecule has 1 rings (SSSR count). The van der Waals surface area contributed by atoms with Crippen molar-refractivity contribution in [3.63, 3.8) is 0 Å². The van der Waals surface area contributed by atoms with E-state index in [1.54, 1.807) is 12.2 Å². The number of Topliss-reactive ketones (excluding diaryl/α,β-unsaturated/α-hetero) is 1. The molecule has 1 saturated carbocycles. The second-order valence-corrected chi connectivity index (χ2v) is 14.5. The summed E-state index contributed by atoms with van der Waals surface area (Å²) in [6.45, 7) is 6.18. The maximum absolute atomic E-state index is 12.6. The summed E-state index contributed by atoms with van der Waals surface area (Å²) in [4.78, 5) is 36.7. The number of ether oxygens (including phenoxy) is 2. The van der Waals surface area contributed by atoms with Gasteiger partial charge in [-0.25, -0.2) is 0 Å². The normalized spacial score (nSPS) is 20.8. The first kappa shape index (κ1) is 44.2. The summed E-state index contributed by atoms with van der Waals surface area (Å²) in [5, 5.41) is 41.1. The first-order chi connectivity index (χ1) is 23.0. The van der Waals surface area contributed by atoms with E-state index in [9.17, 15) is 34.8 Å². The molecule has 9 nitrogen and oxygen atoms in total. The quantitative estimate of drug-likeness (QED) is 0.0352. The molecule has 0 aromatic heterocycles. The van der Waals surface area contributed by atoms with Gasteiger partial charge in [0.1, 0.15) is 25.1 Å². The minimum Gasteiger partial charge on any atom is -0.463 e. The van der Waals surface area contributed by atoms with E-state index < -0.39 is 36.3 Å². The predicted octanol–water partition coefficient (Wildman–Crippen LogP) is 7.15. The fourth-order valence-corrected chi connectivity index (χ4v) is 6.38. The molecule has 0 bridgehead atoms. The molecule has 4 N–H and O–H groups in total. The molecule has 0 unspecified atom stereocenters. The Hall–Kier alpha value is -1.81. The summed E-state index contributed by atoms with van der Waals surface area (Å²) in [6, 6.07) is 0. The Morgan fingerprint density at radius 1 is 0.688 bits per heavy atom. The van der Waals surface area contributed by atoms with Crippen molar-refractivity contribution < 1.29 is 44.3 Å². The standard InChI is InChI=1S/C39H70O9/c1-4-5-14-20-31(40)24-25-34-35(37(44)27-36(34)43)26-32(41)21-17-18-23-39(46)48-29-33(42)28-47-38(45)22-16-13-11-9-7-6-8-10-12-15-19-30(2)3/h24-25,30-31,33-37,40,42-44H,4-23,26-29H2,1-3H3/b25-24+/t31-,33-,34+,35+,36+,37-/m0/s1. The Morgan fingerprint density at radius 2 is 1.19 bits per heavy atom. The molecule has 1 fully saturated rings. The van der Waals surface area contributed by atoms with E-state index in [1.807, 2.05) is 0 Å². The molecular formula is C39H70O9. The minimum absolute atomic E-state index is 0.0427. The van der Waals surface area contributed by atoms with Crippen LogP contribution < -0.4 is 0 Å². The number of rotatable bonds is 30. The number of esters is 2. The molecule has 0 aromatic carbocycles. The number of ketones is 1. The summed E-state index contributed by atoms with van der Waals surface area (Å²) >= 11 is 0. The van der Waals surface area contributed by atoms with Crippen LogP contribution in [0.1, 0.15) is 162 Å². The highest BCUT2D eigenvalue weighted by Gasteiger charge is 2.41. The van der Waals surface area contributed by atoms with Gasteiger partial charge in [0, 0.05) is 43.9 Å². The molecule has 0 saturated heterocycles. The Kier molecular flexibility index (Phi) is 25.7. The number of hydrogen-bond donors (Lipinski definition) is 4. The first-order valence-electron chi connectivity index (χ1n) is 19.3. The average Bonchev–Trinajstić information content (AvgIpc) is 3.31. The van der Waals surface area contributed by atoms with Gasteiger partial charge in [0.15, 0.2) is 0 Å². The molecule has 0 radical (unpaired) electrons. The van der Waals surface area contributed by atoms with Crippen LogP contribution in [-0.2, 0) is 23.9 Å². The van der Waals surface area contributed by atoms with Crippen molar-refractivity contribution in [2.45, 2.75) is 186 Å². The zero-order valence-electron chi connectivity index (χ0n) is 30.5. The molecule has 9 heteroatoms. The molecule has 48 heavy (non-hydrogen) atoms. The molecule has 1 aliphatic rings. The minimum atomic E-state index is -1.09. The number of aliphatic hydroxyl groups excluding tert-OH is 4. The summed E-state index contributed by atoms with van der Waals surface area (Å²) < 4.78 is 10.2. The third kappa shape index (κ3) is 22.8. The fourth-order valence-electron chi connectivity index (χ4n) is 6.38. The van der Waals surface area contributed by atoms with Crippen LogP contribution in [-0.4, -0.2) is 75.8 Å². The maximum Gasteiger partial charge on any atom is 0.305 e. The van der Waals surface area contributed by atoms with Gasteiger partial charge in [0.25, 0.3) is 0 Å². The van der Waals surface area contributed by atoms with Crippen LogP contribution in [0.3, 0.4) is 0 Å². The lowest BCUT2D eigenvalue weighted by atomic mass is 9.87. The van der Waals surface area contributed by atoms with Gasteiger partial charge in [-0.15, -0.1) is 0 Å².